The van der Waals surface area contributed by atoms with Crippen molar-refractivity contribution in [2.45, 2.75) is 125 Å². The van der Waals surface area contributed by atoms with Gasteiger partial charge < -0.3 is 24.8 Å². The van der Waals surface area contributed by atoms with Gasteiger partial charge in [-0.25, -0.2) is 6.08 Å². The van der Waals surface area contributed by atoms with E-state index in [4.69, 9.17) is 0 Å². The summed E-state index contributed by atoms with van der Waals surface area (Å²) < 4.78 is 0. The molecule has 0 aromatic heterocycles. The number of hydrogen-bond donors (Lipinski definition) is 0. The smallest absolute Gasteiger partial charge is 0.0132 e. The summed E-state index contributed by atoms with van der Waals surface area (Å²) in [4.78, 5) is 1.34. The number of thioether (sulfide) groups is 1. The second-order valence-corrected chi connectivity index (χ2v) is 30.1. The van der Waals surface area contributed by atoms with Crippen LogP contribution in [0.5, 0.6) is 0 Å². The van der Waals surface area contributed by atoms with E-state index in [9.17, 15) is 0 Å². The standard InChI is InChI=1S/C30H33.C21H25S.C2H6Si.2ClH.Zr/c1-20-16-24-18-23(21-8-12-25(13-9-21)29(2,3)4)19-28(27(24)17-20)22-10-14-26(15-11-22)30(5,6)7;1-13(2)16-11-18-19(12-16)22-14(3)20(18)15-7-9-17(10-8-15)21(4,5)6;1-3-2;;;/h8-19H,1-7H3;7-11,13-14H,1-6H3;1-2H3;2*1H;/q2*-1;;;;+2/p-2. The fourth-order valence-corrected chi connectivity index (χ4v) is 8.45. The predicted molar refractivity (Wildman–Crippen MR) is 249 cm³/mol. The minimum Gasteiger partial charge on any atom is -1.00 e. The Kier molecular flexibility index (Phi) is 17.3. The van der Waals surface area contributed by atoms with Crippen LogP contribution in [0.3, 0.4) is 0 Å². The molecule has 0 spiro atoms. The van der Waals surface area contributed by atoms with Gasteiger partial charge in [-0.2, -0.15) is 23.3 Å². The summed E-state index contributed by atoms with van der Waals surface area (Å²) in [6.45, 7) is 34.0. The van der Waals surface area contributed by atoms with Gasteiger partial charge in [0, 0.05) is 5.25 Å². The van der Waals surface area contributed by atoms with Crippen molar-refractivity contribution in [1.82, 2.24) is 0 Å². The first-order valence-electron chi connectivity index (χ1n) is 20.4. The number of hydrogen-bond acceptors (Lipinski definition) is 1. The van der Waals surface area contributed by atoms with Crippen molar-refractivity contribution in [2.24, 2.45) is 5.92 Å². The summed E-state index contributed by atoms with van der Waals surface area (Å²) in [5.74, 6) is 0.547. The van der Waals surface area contributed by atoms with Crippen LogP contribution in [0, 0.1) is 18.9 Å². The molecule has 0 nitrogen and oxygen atoms in total. The molecule has 0 saturated heterocycles. The van der Waals surface area contributed by atoms with Crippen LogP contribution < -0.4 is 24.8 Å². The predicted octanol–water partition coefficient (Wildman–Crippen LogP) is 9.74. The van der Waals surface area contributed by atoms with E-state index in [1.54, 1.807) is 23.3 Å². The average molecular weight is 923 g/mol. The average Bonchev–Trinajstić information content (AvgIpc) is 3.78. The van der Waals surface area contributed by atoms with Crippen molar-refractivity contribution in [3.63, 3.8) is 0 Å². The summed E-state index contributed by atoms with van der Waals surface area (Å²) in [5.41, 5.74) is 17.0. The van der Waals surface area contributed by atoms with Crippen LogP contribution in [-0.4, -0.2) is 10.7 Å². The molecule has 1 heterocycles. The van der Waals surface area contributed by atoms with Gasteiger partial charge in [0.05, 0.1) is 0 Å². The van der Waals surface area contributed by atoms with Crippen LogP contribution in [0.4, 0.5) is 0 Å². The molecular formula is C53H64Cl2SSiZr-2. The fraction of sp³-hybridized carbons (Fsp3) is 0.377. The second kappa shape index (κ2) is 20.1. The van der Waals surface area contributed by atoms with Gasteiger partial charge in [-0.1, -0.05) is 179 Å². The molecule has 1 atom stereocenters. The van der Waals surface area contributed by atoms with Crippen LogP contribution >= 0.6 is 11.8 Å². The third-order valence-electron chi connectivity index (χ3n) is 10.6. The molecule has 0 radical (unpaired) electrons. The van der Waals surface area contributed by atoms with Crippen LogP contribution in [0.15, 0.2) is 119 Å². The van der Waals surface area contributed by atoms with Gasteiger partial charge in [-0.15, -0.1) is 45.1 Å². The summed E-state index contributed by atoms with van der Waals surface area (Å²) in [5, 5.41) is 3.17. The first kappa shape index (κ1) is 50.1. The van der Waals surface area contributed by atoms with E-state index in [1.165, 1.54) is 82.5 Å². The Balaban J connectivity index is 0.000000285. The van der Waals surface area contributed by atoms with Gasteiger partial charge in [0.2, 0.25) is 0 Å². The van der Waals surface area contributed by atoms with Crippen molar-refractivity contribution in [1.29, 1.82) is 0 Å². The van der Waals surface area contributed by atoms with Crippen LogP contribution in [-0.2, 0) is 39.6 Å². The summed E-state index contributed by atoms with van der Waals surface area (Å²) in [7, 11) is 0. The largest absolute Gasteiger partial charge is 1.00 e. The number of benzene rings is 4. The molecule has 0 fully saturated rings. The van der Waals surface area contributed by atoms with Crippen LogP contribution in [0.25, 0.3) is 38.6 Å². The normalized spacial score (nSPS) is 15.0. The molecule has 58 heavy (non-hydrogen) atoms. The van der Waals surface area contributed by atoms with Gasteiger partial charge in [0.15, 0.2) is 0 Å². The second-order valence-electron chi connectivity index (χ2n) is 19.3. The minimum atomic E-state index is 0. The maximum Gasteiger partial charge on any atom is -0.0132 e. The van der Waals surface area contributed by atoms with Crippen molar-refractivity contribution in [3.05, 3.63) is 153 Å². The molecule has 0 amide bonds. The number of aryl methyl sites for hydroxylation is 1. The number of allylic oxidation sites excluding steroid dienone is 4. The first-order chi connectivity index (χ1) is 26.0. The minimum absolute atomic E-state index is 0. The number of rotatable bonds is 4. The molecule has 306 valence electrons. The molecule has 1 unspecified atom stereocenters. The first-order valence-corrected chi connectivity index (χ1v) is 27.4. The maximum absolute atomic E-state index is 3.60. The third kappa shape index (κ3) is 12.4. The molecule has 0 N–H and O–H groups in total. The zero-order chi connectivity index (χ0) is 41.3. The van der Waals surface area contributed by atoms with Crippen molar-refractivity contribution in [3.8, 4) is 22.3 Å². The topological polar surface area (TPSA) is 0 Å². The molecule has 5 aromatic rings. The van der Waals surface area contributed by atoms with E-state index in [2.05, 4.69) is 212 Å². The number of halogens is 2. The molecule has 5 heteroatoms. The molecule has 5 aromatic carbocycles. The molecule has 1 aliphatic carbocycles. The Morgan fingerprint density at radius 2 is 1.09 bits per heavy atom. The Labute approximate surface area is 384 Å². The Bertz CT molecular complexity index is 2280. The van der Waals surface area contributed by atoms with Crippen molar-refractivity contribution in [2.75, 3.05) is 0 Å². The zero-order valence-electron chi connectivity index (χ0n) is 37.6. The Morgan fingerprint density at radius 3 is 1.52 bits per heavy atom. The maximum atomic E-state index is 3.60. The zero-order valence-corrected chi connectivity index (χ0v) is 43.4. The molecule has 0 saturated carbocycles. The van der Waals surface area contributed by atoms with E-state index in [-0.39, 0.29) is 46.5 Å². The van der Waals surface area contributed by atoms with Crippen LogP contribution in [0.1, 0.15) is 111 Å². The van der Waals surface area contributed by atoms with E-state index in [1.807, 2.05) is 11.8 Å². The SMILES string of the molecule is CC(C)C1=CC2=C(c3ccc(C(C)(C)C)cc3)C(C)SC2=[C-]1.C[Si](C)=[Zr+2].Cc1cc2c(-c3ccc(C(C)(C)C)cc3)cc(-c3ccc(C(C)(C)C)cc3)cc2[cH-]1.[Cl-].[Cl-]. The molecule has 0 bridgehead atoms. The van der Waals surface area contributed by atoms with E-state index >= 15 is 0 Å². The van der Waals surface area contributed by atoms with Crippen molar-refractivity contribution >= 4 is 33.5 Å². The van der Waals surface area contributed by atoms with Crippen LogP contribution in [0.2, 0.25) is 13.1 Å². The Morgan fingerprint density at radius 1 is 0.655 bits per heavy atom. The fourth-order valence-electron chi connectivity index (χ4n) is 7.24. The summed E-state index contributed by atoms with van der Waals surface area (Å²) in [6.07, 6.45) is 5.95. The Hall–Kier alpha value is -2.26. The van der Waals surface area contributed by atoms with Gasteiger partial charge in [0.25, 0.3) is 0 Å². The van der Waals surface area contributed by atoms with Gasteiger partial charge in [-0.05, 0) is 62.5 Å². The third-order valence-corrected chi connectivity index (χ3v) is 11.7. The molecular weight excluding hydrogens is 859 g/mol. The molecule has 1 aliphatic heterocycles. The summed E-state index contributed by atoms with van der Waals surface area (Å²) in [6, 6.07) is 36.7. The van der Waals surface area contributed by atoms with E-state index < -0.39 is 0 Å². The van der Waals surface area contributed by atoms with Gasteiger partial charge >= 0.3 is 41.9 Å². The summed E-state index contributed by atoms with van der Waals surface area (Å²) >= 11 is 3.69. The molecule has 2 aliphatic rings. The van der Waals surface area contributed by atoms with E-state index in [0.29, 0.717) is 11.2 Å². The monoisotopic (exact) mass is 920 g/mol. The quantitative estimate of drug-likeness (QED) is 0.128. The van der Waals surface area contributed by atoms with Gasteiger partial charge in [0.1, 0.15) is 0 Å². The van der Waals surface area contributed by atoms with E-state index in [0.717, 1.165) is 0 Å². The van der Waals surface area contributed by atoms with Crippen molar-refractivity contribution < 1.29 is 48.1 Å². The number of fused-ring (bicyclic) bond motifs is 2. The van der Waals surface area contributed by atoms with Gasteiger partial charge in [-0.3, -0.25) is 0 Å². The molecule has 7 rings (SSSR count).